The molecule has 0 radical (unpaired) electrons. The van der Waals surface area contributed by atoms with Crippen LogP contribution >= 0.6 is 0 Å². The van der Waals surface area contributed by atoms with Crippen molar-refractivity contribution in [3.05, 3.63) is 282 Å². The van der Waals surface area contributed by atoms with Gasteiger partial charge in [-0.1, -0.05) is 283 Å². The van der Waals surface area contributed by atoms with Crippen molar-refractivity contribution in [3.63, 3.8) is 0 Å². The monoisotopic (exact) mass is 1160 g/mol. The van der Waals surface area contributed by atoms with Crippen molar-refractivity contribution in [2.45, 2.75) is 142 Å². The van der Waals surface area contributed by atoms with Gasteiger partial charge < -0.3 is 0 Å². The number of nitrogens with zero attached hydrogens (tertiary/aromatic N) is 3. The first-order chi connectivity index (χ1) is 42.7. The van der Waals surface area contributed by atoms with Crippen LogP contribution in [0.25, 0.3) is 89.4 Å². The molecular formula is C86H85N3. The van der Waals surface area contributed by atoms with Crippen molar-refractivity contribution >= 4 is 0 Å². The lowest BCUT2D eigenvalue weighted by Crippen LogP contribution is -2.42. The lowest BCUT2D eigenvalue weighted by molar-refractivity contribution is 0.125. The Labute approximate surface area is 530 Å². The zero-order valence-electron chi connectivity index (χ0n) is 54.3. The molecule has 0 aliphatic heterocycles. The molecule has 3 aromatic heterocycles. The molecule has 3 heterocycles. The van der Waals surface area contributed by atoms with Crippen LogP contribution < -0.4 is 0 Å². The smallest absolute Gasteiger partial charge is 0.0708 e. The minimum atomic E-state index is -0.0903. The van der Waals surface area contributed by atoms with Crippen molar-refractivity contribution in [3.8, 4) is 89.4 Å². The standard InChI is InChI=1S/C86H85N3/c1-82(2,3)65-39-41-69(73(49-65)75-54-88-80(58-31-21-15-22-32-58)51-71(75)56-27-17-13-18-28-56)63-45-62(68-36-26-25-35-67(68)61-38-44-79(87-53-61)60-37-43-77-78(48-60)85(9,10)86(11,12)84(77,7)8)46-64(47-63)70-42-40-66(83(4,5)6)50-74(70)76-55-89-81(59-33-23-16-24-34-59)52-72(76)57-29-19-14-20-30-57/h13-44,48-55,62-64H,45-47H2,1-12H3. The van der Waals surface area contributed by atoms with Crippen LogP contribution in [0.3, 0.4) is 0 Å². The van der Waals surface area contributed by atoms with Gasteiger partial charge in [0.15, 0.2) is 0 Å². The maximum Gasteiger partial charge on any atom is 0.0708 e. The van der Waals surface area contributed by atoms with Crippen molar-refractivity contribution in [1.29, 1.82) is 0 Å². The normalized spacial score (nSPS) is 17.7. The number of hydrogen-bond donors (Lipinski definition) is 0. The first kappa shape index (κ1) is 59.2. The largest absolute Gasteiger partial charge is 0.256 e. The summed E-state index contributed by atoms with van der Waals surface area (Å²) in [6.45, 7) is 28.6. The molecule has 2 aliphatic rings. The van der Waals surface area contributed by atoms with Gasteiger partial charge in [0.1, 0.15) is 0 Å². The number of fused-ring (bicyclic) bond motifs is 1. The molecule has 2 atom stereocenters. The lowest BCUT2D eigenvalue weighted by Gasteiger charge is -2.44. The quantitative estimate of drug-likeness (QED) is 0.130. The third kappa shape index (κ3) is 11.0. The number of hydrogen-bond acceptors (Lipinski definition) is 3. The van der Waals surface area contributed by atoms with Crippen molar-refractivity contribution < 1.29 is 0 Å². The van der Waals surface area contributed by atoms with Crippen molar-refractivity contribution in [1.82, 2.24) is 15.0 Å². The van der Waals surface area contributed by atoms with Crippen LogP contribution in [0.1, 0.15) is 159 Å². The van der Waals surface area contributed by atoms with Crippen LogP contribution in [-0.2, 0) is 21.7 Å². The highest BCUT2D eigenvalue weighted by molar-refractivity contribution is 5.89. The third-order valence-corrected chi connectivity index (χ3v) is 21.4. The Kier molecular flexibility index (Phi) is 15.3. The molecule has 11 aromatic rings. The molecule has 1 fully saturated rings. The summed E-state index contributed by atoms with van der Waals surface area (Å²) in [6, 6.07) is 83.6. The second-order valence-corrected chi connectivity index (χ2v) is 29.3. The summed E-state index contributed by atoms with van der Waals surface area (Å²) in [4.78, 5) is 16.0. The number of pyridine rings is 3. The molecule has 89 heavy (non-hydrogen) atoms. The Morgan fingerprint density at radius 1 is 0.292 bits per heavy atom. The molecule has 2 unspecified atom stereocenters. The van der Waals surface area contributed by atoms with Gasteiger partial charge in [0, 0.05) is 52.0 Å². The summed E-state index contributed by atoms with van der Waals surface area (Å²) >= 11 is 0. The fourth-order valence-corrected chi connectivity index (χ4v) is 15.0. The van der Waals surface area contributed by atoms with Gasteiger partial charge in [-0.3, -0.25) is 15.0 Å². The first-order valence-corrected chi connectivity index (χ1v) is 32.4. The van der Waals surface area contributed by atoms with E-state index in [-0.39, 0.29) is 44.8 Å². The molecule has 0 amide bonds. The van der Waals surface area contributed by atoms with Crippen LogP contribution in [0.5, 0.6) is 0 Å². The zero-order valence-corrected chi connectivity index (χ0v) is 54.3. The lowest BCUT2D eigenvalue weighted by atomic mass is 9.59. The summed E-state index contributed by atoms with van der Waals surface area (Å²) in [7, 11) is 0. The van der Waals surface area contributed by atoms with Crippen LogP contribution in [-0.4, -0.2) is 15.0 Å². The minimum Gasteiger partial charge on any atom is -0.256 e. The summed E-state index contributed by atoms with van der Waals surface area (Å²) < 4.78 is 0. The molecule has 0 bridgehead atoms. The Hall–Kier alpha value is -8.79. The van der Waals surface area contributed by atoms with Gasteiger partial charge in [0.25, 0.3) is 0 Å². The van der Waals surface area contributed by atoms with Gasteiger partial charge in [0.05, 0.1) is 17.1 Å². The molecule has 2 aliphatic carbocycles. The van der Waals surface area contributed by atoms with Gasteiger partial charge in [-0.2, -0.15) is 0 Å². The molecule has 0 N–H and O–H groups in total. The van der Waals surface area contributed by atoms with E-state index in [1.165, 1.54) is 83.5 Å². The van der Waals surface area contributed by atoms with E-state index >= 15 is 0 Å². The Bertz CT molecular complexity index is 4170. The Balaban J connectivity index is 0.988. The molecular weight excluding hydrogens is 1070 g/mol. The van der Waals surface area contributed by atoms with Crippen molar-refractivity contribution in [2.75, 3.05) is 0 Å². The number of benzene rings is 8. The van der Waals surface area contributed by atoms with Gasteiger partial charge in [-0.25, -0.2) is 0 Å². The molecule has 0 spiro atoms. The summed E-state index contributed by atoms with van der Waals surface area (Å²) in [5.74, 6) is 0.551. The van der Waals surface area contributed by atoms with Crippen LogP contribution in [0.15, 0.2) is 243 Å². The topological polar surface area (TPSA) is 38.7 Å². The highest BCUT2D eigenvalue weighted by Crippen LogP contribution is 2.62. The van der Waals surface area contributed by atoms with Gasteiger partial charge >= 0.3 is 0 Å². The summed E-state index contributed by atoms with van der Waals surface area (Å²) in [5.41, 5.74) is 27.9. The molecule has 8 aromatic carbocycles. The fourth-order valence-electron chi connectivity index (χ4n) is 15.0. The van der Waals surface area contributed by atoms with E-state index in [0.29, 0.717) is 0 Å². The van der Waals surface area contributed by atoms with E-state index in [4.69, 9.17) is 15.0 Å². The number of rotatable bonds is 11. The molecule has 1 saturated carbocycles. The molecule has 0 saturated heterocycles. The average molecular weight is 1160 g/mol. The van der Waals surface area contributed by atoms with Crippen molar-refractivity contribution in [2.24, 2.45) is 5.41 Å². The maximum atomic E-state index is 5.34. The molecule has 13 rings (SSSR count). The number of aromatic nitrogens is 3. The van der Waals surface area contributed by atoms with E-state index in [2.05, 4.69) is 326 Å². The van der Waals surface area contributed by atoms with E-state index < -0.39 is 0 Å². The summed E-state index contributed by atoms with van der Waals surface area (Å²) in [5, 5.41) is 0. The predicted molar refractivity (Wildman–Crippen MR) is 376 cm³/mol. The molecule has 3 nitrogen and oxygen atoms in total. The van der Waals surface area contributed by atoms with E-state index in [1.807, 2.05) is 0 Å². The van der Waals surface area contributed by atoms with E-state index in [9.17, 15) is 0 Å². The summed E-state index contributed by atoms with van der Waals surface area (Å²) in [6.07, 6.45) is 9.41. The predicted octanol–water partition coefficient (Wildman–Crippen LogP) is 23.2. The third-order valence-electron chi connectivity index (χ3n) is 21.4. The minimum absolute atomic E-state index is 0.00334. The highest BCUT2D eigenvalue weighted by atomic mass is 14.7. The SMILES string of the molecule is CC(C)(C)c1ccc(C2CC(c3ccccc3-c3ccc(-c4ccc5c(c4)C(C)(C)C(C)(C)C5(C)C)nc3)CC(c3ccc(C(C)(C)C)cc3-c3cnc(-c4ccccc4)cc3-c3ccccc3)C2)c(-c2cnc(-c3ccccc3)cc2-c2ccccc2)c1. The van der Waals surface area contributed by atoms with E-state index in [1.54, 1.807) is 0 Å². The second-order valence-electron chi connectivity index (χ2n) is 29.3. The van der Waals surface area contributed by atoms with Gasteiger partial charge in [0.2, 0.25) is 0 Å². The first-order valence-electron chi connectivity index (χ1n) is 32.4. The van der Waals surface area contributed by atoms with Gasteiger partial charge in [-0.15, -0.1) is 0 Å². The molecule has 444 valence electrons. The Morgan fingerprint density at radius 2 is 0.685 bits per heavy atom. The van der Waals surface area contributed by atoms with Crippen LogP contribution in [0.4, 0.5) is 0 Å². The molecule has 3 heteroatoms. The van der Waals surface area contributed by atoms with E-state index in [0.717, 1.165) is 64.2 Å². The zero-order chi connectivity index (χ0) is 62.0. The highest BCUT2D eigenvalue weighted by Gasteiger charge is 2.56. The van der Waals surface area contributed by atoms with Crippen LogP contribution in [0, 0.1) is 5.41 Å². The van der Waals surface area contributed by atoms with Gasteiger partial charge in [-0.05, 0) is 166 Å². The second kappa shape index (κ2) is 23.0. The fraction of sp³-hybridized carbons (Fsp3) is 0.267. The van der Waals surface area contributed by atoms with Crippen LogP contribution in [0.2, 0.25) is 0 Å². The average Bonchev–Trinajstić information content (AvgIpc) is 1.55. The maximum absolute atomic E-state index is 5.34. The Morgan fingerprint density at radius 3 is 1.12 bits per heavy atom.